The minimum absolute atomic E-state index is 0.00769. The molecule has 0 aliphatic heterocycles. The van der Waals surface area contributed by atoms with E-state index >= 15 is 0 Å². The molecule has 0 radical (unpaired) electrons. The van der Waals surface area contributed by atoms with Crippen LogP contribution in [0.2, 0.25) is 0 Å². The van der Waals surface area contributed by atoms with Gasteiger partial charge in [-0.1, -0.05) is 6.07 Å². The number of phenols is 2. The molecule has 9 nitrogen and oxygen atoms in total. The van der Waals surface area contributed by atoms with E-state index in [2.05, 4.69) is 0 Å². The second-order valence-corrected chi connectivity index (χ2v) is 4.92. The number of nitro benzene ring substituents is 1. The van der Waals surface area contributed by atoms with Gasteiger partial charge in [0.05, 0.1) is 16.1 Å². The summed E-state index contributed by atoms with van der Waals surface area (Å²) in [6, 6.07) is 6.48. The summed E-state index contributed by atoms with van der Waals surface area (Å²) in [5, 5.41) is 45.9. The van der Waals surface area contributed by atoms with E-state index in [9.17, 15) is 24.8 Å². The highest BCUT2D eigenvalue weighted by atomic mass is 16.6. The predicted octanol–water partition coefficient (Wildman–Crippen LogP) is 2.71. The molecule has 9 heteroatoms. The third-order valence-corrected chi connectivity index (χ3v) is 3.37. The molecule has 132 valence electrons. The molecule has 0 unspecified atom stereocenters. The Morgan fingerprint density at radius 3 is 1.88 bits per heavy atom. The van der Waals surface area contributed by atoms with Crippen molar-refractivity contribution in [1.82, 2.24) is 0 Å². The van der Waals surface area contributed by atoms with Crippen molar-refractivity contribution in [3.63, 3.8) is 0 Å². The molecule has 0 bridgehead atoms. The Hall–Kier alpha value is -3.62. The van der Waals surface area contributed by atoms with Crippen molar-refractivity contribution in [1.29, 1.82) is 0 Å². The van der Waals surface area contributed by atoms with Gasteiger partial charge in [0.2, 0.25) is 0 Å². The highest BCUT2D eigenvalue weighted by molar-refractivity contribution is 5.91. The molecule has 25 heavy (non-hydrogen) atoms. The molecule has 2 aromatic carbocycles. The van der Waals surface area contributed by atoms with E-state index in [0.29, 0.717) is 5.56 Å². The van der Waals surface area contributed by atoms with Crippen molar-refractivity contribution in [3.8, 4) is 11.5 Å². The topological polar surface area (TPSA) is 158 Å². The Balaban J connectivity index is 0.000000257. The Labute approximate surface area is 141 Å². The number of carbonyl (C=O) groups is 2. The number of aromatic carboxylic acids is 2. The molecule has 0 aliphatic rings. The lowest BCUT2D eigenvalue weighted by atomic mass is 10.1. The van der Waals surface area contributed by atoms with Crippen LogP contribution < -0.4 is 0 Å². The number of nitrogens with zero attached hydrogens (tertiary/aromatic N) is 1. The van der Waals surface area contributed by atoms with E-state index < -0.39 is 28.3 Å². The number of hydrogen-bond donors (Lipinski definition) is 4. The first-order valence-corrected chi connectivity index (χ1v) is 6.80. The minimum atomic E-state index is -1.23. The van der Waals surface area contributed by atoms with Crippen LogP contribution in [0.4, 0.5) is 5.69 Å². The number of nitro groups is 1. The third-order valence-electron chi connectivity index (χ3n) is 3.37. The van der Waals surface area contributed by atoms with Gasteiger partial charge in [-0.2, -0.15) is 0 Å². The molecule has 0 heterocycles. The zero-order chi connectivity index (χ0) is 19.3. The molecular weight excluding hydrogens is 334 g/mol. The number of benzene rings is 2. The van der Waals surface area contributed by atoms with Gasteiger partial charge in [0, 0.05) is 17.2 Å². The van der Waals surface area contributed by atoms with Gasteiger partial charge >= 0.3 is 17.6 Å². The number of rotatable bonds is 3. The Morgan fingerprint density at radius 2 is 1.44 bits per heavy atom. The van der Waals surface area contributed by atoms with Crippen LogP contribution in [0.1, 0.15) is 31.8 Å². The van der Waals surface area contributed by atoms with Crippen molar-refractivity contribution < 1.29 is 34.9 Å². The number of hydrogen-bond acceptors (Lipinski definition) is 6. The summed E-state index contributed by atoms with van der Waals surface area (Å²) in [7, 11) is 0. The molecule has 4 N–H and O–H groups in total. The van der Waals surface area contributed by atoms with E-state index in [1.54, 1.807) is 6.92 Å². The summed E-state index contributed by atoms with van der Waals surface area (Å²) in [4.78, 5) is 30.6. The maximum atomic E-state index is 10.6. The molecule has 2 aromatic rings. The number of aromatic hydroxyl groups is 2. The fourth-order valence-corrected chi connectivity index (χ4v) is 1.92. The summed E-state index contributed by atoms with van der Waals surface area (Å²) in [5.41, 5.74) is -0.0997. The molecule has 0 amide bonds. The molecule has 2 rings (SSSR count). The van der Waals surface area contributed by atoms with E-state index in [1.165, 1.54) is 25.1 Å². The van der Waals surface area contributed by atoms with Crippen molar-refractivity contribution >= 4 is 17.6 Å². The van der Waals surface area contributed by atoms with Crippen molar-refractivity contribution in [3.05, 3.63) is 62.7 Å². The van der Waals surface area contributed by atoms with Gasteiger partial charge in [-0.15, -0.1) is 0 Å². The van der Waals surface area contributed by atoms with Crippen molar-refractivity contribution in [2.45, 2.75) is 13.8 Å². The van der Waals surface area contributed by atoms with Gasteiger partial charge in [-0.3, -0.25) is 10.1 Å². The Bertz CT molecular complexity index is 805. The monoisotopic (exact) mass is 349 g/mol. The van der Waals surface area contributed by atoms with E-state index in [0.717, 1.165) is 12.1 Å². The Kier molecular flexibility index (Phi) is 6.04. The maximum Gasteiger partial charge on any atom is 0.336 e. The fraction of sp³-hybridized carbons (Fsp3) is 0.125. The lowest BCUT2D eigenvalue weighted by Gasteiger charge is -2.03. The van der Waals surface area contributed by atoms with Crippen LogP contribution in [-0.4, -0.2) is 37.3 Å². The highest BCUT2D eigenvalue weighted by Crippen LogP contribution is 2.31. The van der Waals surface area contributed by atoms with Crippen LogP contribution in [0.25, 0.3) is 0 Å². The van der Waals surface area contributed by atoms with Gasteiger partial charge in [-0.05, 0) is 32.0 Å². The average Bonchev–Trinajstić information content (AvgIpc) is 2.52. The van der Waals surface area contributed by atoms with Crippen LogP contribution in [-0.2, 0) is 0 Å². The van der Waals surface area contributed by atoms with Gasteiger partial charge in [0.15, 0.2) is 5.75 Å². The molecular formula is C16H15NO8. The second-order valence-electron chi connectivity index (χ2n) is 4.92. The highest BCUT2D eigenvalue weighted by Gasteiger charge is 2.20. The maximum absolute atomic E-state index is 10.6. The first-order chi connectivity index (χ1) is 11.6. The quantitative estimate of drug-likeness (QED) is 0.486. The van der Waals surface area contributed by atoms with E-state index in [1.807, 2.05) is 0 Å². The minimum Gasteiger partial charge on any atom is -0.508 e. The smallest absolute Gasteiger partial charge is 0.336 e. The second kappa shape index (κ2) is 7.77. The molecule has 0 atom stereocenters. The summed E-state index contributed by atoms with van der Waals surface area (Å²) in [6.07, 6.45) is 0. The van der Waals surface area contributed by atoms with Crippen LogP contribution >= 0.6 is 0 Å². The SMILES string of the molecule is Cc1c(C(=O)O)ccc([N+](=O)[O-])c1O.Cc1c(O)cccc1C(=O)O. The number of phenolic OH excluding ortho intramolecular Hbond substituents is 2. The summed E-state index contributed by atoms with van der Waals surface area (Å²) in [5.74, 6) is -2.83. The molecule has 0 saturated heterocycles. The normalized spacial score (nSPS) is 9.68. The molecule has 0 aromatic heterocycles. The third kappa shape index (κ3) is 4.44. The summed E-state index contributed by atoms with van der Waals surface area (Å²) >= 11 is 0. The standard InChI is InChI=1S/C8H7NO5.C8H8O3/c1-4-5(8(11)12)2-3-6(7(4)10)9(13)14;1-5-6(8(10)11)3-2-4-7(5)9/h2-3,10H,1H3,(H,11,12);2-4,9H,1H3,(H,10,11). The first-order valence-electron chi connectivity index (χ1n) is 6.80. The van der Waals surface area contributed by atoms with Crippen LogP contribution in [0.3, 0.4) is 0 Å². The van der Waals surface area contributed by atoms with Crippen molar-refractivity contribution in [2.75, 3.05) is 0 Å². The summed E-state index contributed by atoms with van der Waals surface area (Å²) in [6.45, 7) is 2.88. The first kappa shape index (κ1) is 19.4. The van der Waals surface area contributed by atoms with Gasteiger partial charge in [-0.25, -0.2) is 9.59 Å². The lowest BCUT2D eigenvalue weighted by molar-refractivity contribution is -0.385. The van der Waals surface area contributed by atoms with Crippen LogP contribution in [0.5, 0.6) is 11.5 Å². The van der Waals surface area contributed by atoms with Gasteiger partial charge in [0.25, 0.3) is 0 Å². The largest absolute Gasteiger partial charge is 0.508 e. The lowest BCUT2D eigenvalue weighted by Crippen LogP contribution is -2.01. The number of carboxylic acids is 2. The summed E-state index contributed by atoms with van der Waals surface area (Å²) < 4.78 is 0. The van der Waals surface area contributed by atoms with Crippen LogP contribution in [0.15, 0.2) is 30.3 Å². The predicted molar refractivity (Wildman–Crippen MR) is 86.3 cm³/mol. The van der Waals surface area contributed by atoms with Crippen molar-refractivity contribution in [2.24, 2.45) is 0 Å². The molecule has 0 saturated carbocycles. The zero-order valence-electron chi connectivity index (χ0n) is 13.3. The Morgan fingerprint density at radius 1 is 0.920 bits per heavy atom. The molecule has 0 aliphatic carbocycles. The van der Waals surface area contributed by atoms with E-state index in [-0.39, 0.29) is 22.4 Å². The molecule has 0 spiro atoms. The van der Waals surface area contributed by atoms with E-state index in [4.69, 9.17) is 15.3 Å². The average molecular weight is 349 g/mol. The number of carboxylic acid groups (broad SMARTS) is 2. The van der Waals surface area contributed by atoms with Crippen LogP contribution in [0, 0.1) is 24.0 Å². The van der Waals surface area contributed by atoms with Gasteiger partial charge in [0.1, 0.15) is 5.75 Å². The van der Waals surface area contributed by atoms with Gasteiger partial charge < -0.3 is 20.4 Å². The molecule has 0 fully saturated rings. The zero-order valence-corrected chi connectivity index (χ0v) is 13.3. The fourth-order valence-electron chi connectivity index (χ4n) is 1.92.